The van der Waals surface area contributed by atoms with Crippen molar-refractivity contribution in [1.29, 1.82) is 0 Å². The molecule has 1 atom stereocenters. The maximum absolute atomic E-state index is 14.3. The Bertz CT molecular complexity index is 714. The van der Waals surface area contributed by atoms with Gasteiger partial charge in [-0.05, 0) is 29.8 Å². The van der Waals surface area contributed by atoms with Crippen molar-refractivity contribution in [3.8, 4) is 5.75 Å². The second-order valence-electron chi connectivity index (χ2n) is 5.41. The van der Waals surface area contributed by atoms with E-state index in [1.54, 1.807) is 0 Å². The van der Waals surface area contributed by atoms with Crippen LogP contribution in [0.4, 0.5) is 36.4 Å². The van der Waals surface area contributed by atoms with Crippen molar-refractivity contribution in [2.45, 2.75) is 24.1 Å². The Hall–Kier alpha value is -2.45. The van der Waals surface area contributed by atoms with Gasteiger partial charge in [0.2, 0.25) is 0 Å². The van der Waals surface area contributed by atoms with Crippen LogP contribution in [0.5, 0.6) is 5.75 Å². The Morgan fingerprint density at radius 3 is 1.81 bits per heavy atom. The Balaban J connectivity index is 2.47. The number of halogens is 7. The standard InChI is InChI=1S/C17H14F7NO/c1-26-13-9-7-12(8-10-13)25-14(11-5-3-2-4-6-11)15(18,19)16(20,21)17(22,23)24/h2-10,14,25H,1H3/t14-/m1/s1. The Morgan fingerprint density at radius 1 is 0.808 bits per heavy atom. The number of methoxy groups -OCH3 is 1. The molecular formula is C17H14F7NO. The van der Waals surface area contributed by atoms with E-state index >= 15 is 0 Å². The van der Waals surface area contributed by atoms with Gasteiger partial charge in [0.05, 0.1) is 7.11 Å². The summed E-state index contributed by atoms with van der Waals surface area (Å²) in [6.07, 6.45) is -6.41. The van der Waals surface area contributed by atoms with Gasteiger partial charge >= 0.3 is 18.0 Å². The maximum Gasteiger partial charge on any atom is 0.459 e. The predicted molar refractivity (Wildman–Crippen MR) is 81.7 cm³/mol. The first-order valence-electron chi connectivity index (χ1n) is 7.28. The molecule has 2 nitrogen and oxygen atoms in total. The fraction of sp³-hybridized carbons (Fsp3) is 0.294. The van der Waals surface area contributed by atoms with E-state index in [0.29, 0.717) is 5.75 Å². The van der Waals surface area contributed by atoms with Gasteiger partial charge in [0.1, 0.15) is 11.8 Å². The van der Waals surface area contributed by atoms with E-state index in [1.165, 1.54) is 49.6 Å². The van der Waals surface area contributed by atoms with Crippen molar-refractivity contribution in [2.24, 2.45) is 0 Å². The number of anilines is 1. The molecule has 2 aromatic carbocycles. The van der Waals surface area contributed by atoms with Crippen LogP contribution < -0.4 is 10.1 Å². The van der Waals surface area contributed by atoms with Crippen LogP contribution in [0.25, 0.3) is 0 Å². The van der Waals surface area contributed by atoms with Gasteiger partial charge in [-0.2, -0.15) is 30.7 Å². The van der Waals surface area contributed by atoms with E-state index in [0.717, 1.165) is 12.1 Å². The molecule has 0 unspecified atom stereocenters. The fourth-order valence-corrected chi connectivity index (χ4v) is 2.25. The predicted octanol–water partition coefficient (Wildman–Crippen LogP) is 5.68. The fourth-order valence-electron chi connectivity index (χ4n) is 2.25. The highest BCUT2D eigenvalue weighted by Gasteiger charge is 2.75. The highest BCUT2D eigenvalue weighted by Crippen LogP contribution is 2.52. The first kappa shape index (κ1) is 19.9. The molecule has 0 fully saturated rings. The number of benzene rings is 2. The third-order valence-corrected chi connectivity index (χ3v) is 3.67. The highest BCUT2D eigenvalue weighted by molar-refractivity contribution is 5.49. The summed E-state index contributed by atoms with van der Waals surface area (Å²) in [6.45, 7) is 0. The molecular weight excluding hydrogens is 367 g/mol. The van der Waals surface area contributed by atoms with Gasteiger partial charge in [-0.25, -0.2) is 0 Å². The van der Waals surface area contributed by atoms with Crippen molar-refractivity contribution in [3.63, 3.8) is 0 Å². The molecule has 0 aliphatic carbocycles. The quantitative estimate of drug-likeness (QED) is 0.650. The summed E-state index contributed by atoms with van der Waals surface area (Å²) in [7, 11) is 1.35. The first-order chi connectivity index (χ1) is 12.0. The highest BCUT2D eigenvalue weighted by atomic mass is 19.4. The number of hydrogen-bond donors (Lipinski definition) is 1. The first-order valence-corrected chi connectivity index (χ1v) is 7.28. The summed E-state index contributed by atoms with van der Waals surface area (Å²) in [4.78, 5) is 0. The summed E-state index contributed by atoms with van der Waals surface area (Å²) in [5, 5.41) is 2.08. The number of nitrogens with one attached hydrogen (secondary N) is 1. The molecule has 9 heteroatoms. The number of alkyl halides is 7. The van der Waals surface area contributed by atoms with Crippen molar-refractivity contribution in [1.82, 2.24) is 0 Å². The molecule has 0 bridgehead atoms. The lowest BCUT2D eigenvalue weighted by Gasteiger charge is -2.35. The zero-order chi connectivity index (χ0) is 19.6. The molecule has 142 valence electrons. The molecule has 26 heavy (non-hydrogen) atoms. The number of hydrogen-bond acceptors (Lipinski definition) is 2. The van der Waals surface area contributed by atoms with Crippen LogP contribution in [0.15, 0.2) is 54.6 Å². The topological polar surface area (TPSA) is 21.3 Å². The minimum absolute atomic E-state index is 0.0719. The normalized spacial score (nSPS) is 14.0. The average Bonchev–Trinajstić information content (AvgIpc) is 2.59. The summed E-state index contributed by atoms with van der Waals surface area (Å²) in [5.41, 5.74) is -0.491. The van der Waals surface area contributed by atoms with E-state index in [9.17, 15) is 30.7 Å². The molecule has 2 aromatic rings. The van der Waals surface area contributed by atoms with E-state index in [-0.39, 0.29) is 5.69 Å². The molecule has 0 spiro atoms. The Morgan fingerprint density at radius 2 is 1.35 bits per heavy atom. The van der Waals surface area contributed by atoms with E-state index in [1.807, 2.05) is 0 Å². The van der Waals surface area contributed by atoms with Crippen molar-refractivity contribution in [2.75, 3.05) is 12.4 Å². The zero-order valence-electron chi connectivity index (χ0n) is 13.3. The largest absolute Gasteiger partial charge is 0.497 e. The summed E-state index contributed by atoms with van der Waals surface area (Å²) >= 11 is 0. The molecule has 0 aliphatic rings. The van der Waals surface area contributed by atoms with Crippen LogP contribution in [-0.4, -0.2) is 25.1 Å². The van der Waals surface area contributed by atoms with Gasteiger partial charge in [0, 0.05) is 5.69 Å². The molecule has 0 saturated carbocycles. The molecule has 0 amide bonds. The van der Waals surface area contributed by atoms with Crippen LogP contribution in [-0.2, 0) is 0 Å². The minimum Gasteiger partial charge on any atom is -0.497 e. The molecule has 0 aliphatic heterocycles. The molecule has 0 aromatic heterocycles. The lowest BCUT2D eigenvalue weighted by Crippen LogP contribution is -2.56. The van der Waals surface area contributed by atoms with E-state index in [4.69, 9.17) is 4.74 Å². The van der Waals surface area contributed by atoms with Crippen LogP contribution >= 0.6 is 0 Å². The molecule has 0 radical (unpaired) electrons. The van der Waals surface area contributed by atoms with E-state index < -0.39 is 29.6 Å². The Kier molecular flexibility index (Phi) is 5.39. The molecule has 0 saturated heterocycles. The smallest absolute Gasteiger partial charge is 0.459 e. The summed E-state index contributed by atoms with van der Waals surface area (Å²) in [6, 6.07) is 8.59. The Labute approximate surface area is 144 Å². The third-order valence-electron chi connectivity index (χ3n) is 3.67. The van der Waals surface area contributed by atoms with Gasteiger partial charge in [0.15, 0.2) is 0 Å². The van der Waals surface area contributed by atoms with Crippen LogP contribution in [0.3, 0.4) is 0 Å². The van der Waals surface area contributed by atoms with Crippen LogP contribution in [0.1, 0.15) is 11.6 Å². The van der Waals surface area contributed by atoms with Crippen molar-refractivity contribution >= 4 is 5.69 Å². The lowest BCUT2D eigenvalue weighted by atomic mass is 9.95. The minimum atomic E-state index is -6.41. The van der Waals surface area contributed by atoms with Gasteiger partial charge in [-0.15, -0.1) is 0 Å². The molecule has 0 heterocycles. The molecule has 1 N–H and O–H groups in total. The lowest BCUT2D eigenvalue weighted by molar-refractivity contribution is -0.358. The van der Waals surface area contributed by atoms with Crippen molar-refractivity contribution < 1.29 is 35.5 Å². The van der Waals surface area contributed by atoms with Gasteiger partial charge in [-0.1, -0.05) is 30.3 Å². The van der Waals surface area contributed by atoms with Gasteiger partial charge in [0.25, 0.3) is 0 Å². The third kappa shape index (κ3) is 3.71. The van der Waals surface area contributed by atoms with Crippen LogP contribution in [0, 0.1) is 0 Å². The summed E-state index contributed by atoms with van der Waals surface area (Å²) < 4.78 is 98.3. The van der Waals surface area contributed by atoms with Gasteiger partial charge < -0.3 is 10.1 Å². The monoisotopic (exact) mass is 381 g/mol. The number of rotatable bonds is 6. The second kappa shape index (κ2) is 7.05. The van der Waals surface area contributed by atoms with Crippen molar-refractivity contribution in [3.05, 3.63) is 60.2 Å². The SMILES string of the molecule is COc1ccc(N[C@H](c2ccccc2)C(F)(F)C(F)(F)C(F)(F)F)cc1. The molecule has 2 rings (SSSR count). The average molecular weight is 381 g/mol. The second-order valence-corrected chi connectivity index (χ2v) is 5.41. The zero-order valence-corrected chi connectivity index (χ0v) is 13.3. The maximum atomic E-state index is 14.3. The number of ether oxygens (including phenoxy) is 1. The van der Waals surface area contributed by atoms with Gasteiger partial charge in [-0.3, -0.25) is 0 Å². The summed E-state index contributed by atoms with van der Waals surface area (Å²) in [5.74, 6) is -11.3. The van der Waals surface area contributed by atoms with E-state index in [2.05, 4.69) is 5.32 Å². The van der Waals surface area contributed by atoms with Crippen LogP contribution in [0.2, 0.25) is 0 Å².